The van der Waals surface area contributed by atoms with Gasteiger partial charge in [-0.2, -0.15) is 0 Å². The largest absolute Gasteiger partial charge is 0.394 e. The first-order chi connectivity index (χ1) is 8.65. The first kappa shape index (κ1) is 12.8. The van der Waals surface area contributed by atoms with Crippen molar-refractivity contribution in [3.8, 4) is 0 Å². The lowest BCUT2D eigenvalue weighted by atomic mass is 9.94. The van der Waals surface area contributed by atoms with Crippen LogP contribution in [0.25, 0.3) is 0 Å². The minimum Gasteiger partial charge on any atom is -0.394 e. The highest BCUT2D eigenvalue weighted by Gasteiger charge is 2.58. The highest BCUT2D eigenvalue weighted by Crippen LogP contribution is 2.45. The Morgan fingerprint density at radius 3 is 2.50 bits per heavy atom. The predicted octanol–water partition coefficient (Wildman–Crippen LogP) is -0.499. The van der Waals surface area contributed by atoms with E-state index in [4.69, 9.17) is 19.3 Å². The maximum Gasteiger partial charge on any atom is 0.190 e. The third-order valence-corrected chi connectivity index (χ3v) is 4.10. The van der Waals surface area contributed by atoms with Gasteiger partial charge in [-0.25, -0.2) is 0 Å². The highest BCUT2D eigenvalue weighted by atomic mass is 16.8. The van der Waals surface area contributed by atoms with E-state index in [9.17, 15) is 10.2 Å². The van der Waals surface area contributed by atoms with E-state index < -0.39 is 43.1 Å². The van der Waals surface area contributed by atoms with E-state index in [1.54, 1.807) is 0 Å². The lowest BCUT2D eigenvalue weighted by Crippen LogP contribution is -2.43. The fourth-order valence-electron chi connectivity index (χ4n) is 3.12. The summed E-state index contributed by atoms with van der Waals surface area (Å²) in [6, 6.07) is 0. The first-order valence-electron chi connectivity index (χ1n) is 6.63. The SMILES string of the molecule is OC[C@@H](O)[C@@H]1O[C@@H]2OC3(CCCCC3)O[C@H]2[C@@H]1O. The maximum absolute atomic E-state index is 10.1. The van der Waals surface area contributed by atoms with E-state index in [0.29, 0.717) is 0 Å². The summed E-state index contributed by atoms with van der Waals surface area (Å²) in [6.07, 6.45) is 0.824. The molecule has 6 heteroatoms. The van der Waals surface area contributed by atoms with Gasteiger partial charge in [-0.05, 0) is 12.8 Å². The number of ether oxygens (including phenoxy) is 3. The monoisotopic (exact) mass is 260 g/mol. The third-order valence-electron chi connectivity index (χ3n) is 4.10. The molecule has 2 aliphatic heterocycles. The molecule has 2 heterocycles. The van der Waals surface area contributed by atoms with Crippen molar-refractivity contribution in [1.82, 2.24) is 0 Å². The molecular formula is C12H20O6. The van der Waals surface area contributed by atoms with Gasteiger partial charge in [-0.15, -0.1) is 0 Å². The normalized spacial score (nSPS) is 44.2. The van der Waals surface area contributed by atoms with Crippen LogP contribution in [0.15, 0.2) is 0 Å². The van der Waals surface area contributed by atoms with Crippen LogP contribution < -0.4 is 0 Å². The second kappa shape index (κ2) is 4.70. The van der Waals surface area contributed by atoms with E-state index in [1.165, 1.54) is 6.42 Å². The third kappa shape index (κ3) is 1.97. The van der Waals surface area contributed by atoms with Crippen LogP contribution in [-0.2, 0) is 14.2 Å². The van der Waals surface area contributed by atoms with Crippen molar-refractivity contribution < 1.29 is 29.5 Å². The lowest BCUT2D eigenvalue weighted by Gasteiger charge is -2.33. The molecule has 2 saturated heterocycles. The summed E-state index contributed by atoms with van der Waals surface area (Å²) >= 11 is 0. The molecule has 0 aromatic rings. The molecule has 104 valence electrons. The lowest BCUT2D eigenvalue weighted by molar-refractivity contribution is -0.254. The van der Waals surface area contributed by atoms with Gasteiger partial charge in [0.2, 0.25) is 0 Å². The average molecular weight is 260 g/mol. The fourth-order valence-corrected chi connectivity index (χ4v) is 3.12. The molecule has 1 spiro atoms. The molecule has 6 nitrogen and oxygen atoms in total. The Bertz CT molecular complexity index is 303. The summed E-state index contributed by atoms with van der Waals surface area (Å²) in [5.41, 5.74) is 0. The van der Waals surface area contributed by atoms with Crippen LogP contribution in [0.3, 0.4) is 0 Å². The molecular weight excluding hydrogens is 240 g/mol. The van der Waals surface area contributed by atoms with Crippen molar-refractivity contribution in [2.24, 2.45) is 0 Å². The molecule has 0 bridgehead atoms. The van der Waals surface area contributed by atoms with Gasteiger partial charge in [0, 0.05) is 12.8 Å². The van der Waals surface area contributed by atoms with Gasteiger partial charge < -0.3 is 29.5 Å². The smallest absolute Gasteiger partial charge is 0.190 e. The van der Waals surface area contributed by atoms with Crippen LogP contribution in [0.1, 0.15) is 32.1 Å². The predicted molar refractivity (Wildman–Crippen MR) is 59.5 cm³/mol. The highest BCUT2D eigenvalue weighted by molar-refractivity contribution is 4.97. The van der Waals surface area contributed by atoms with Crippen LogP contribution in [-0.4, -0.2) is 58.4 Å². The summed E-state index contributed by atoms with van der Waals surface area (Å²) in [5.74, 6) is -0.607. The van der Waals surface area contributed by atoms with E-state index in [2.05, 4.69) is 0 Å². The van der Waals surface area contributed by atoms with Gasteiger partial charge in [0.05, 0.1) is 6.61 Å². The van der Waals surface area contributed by atoms with Crippen molar-refractivity contribution in [3.63, 3.8) is 0 Å². The van der Waals surface area contributed by atoms with Gasteiger partial charge in [-0.3, -0.25) is 0 Å². The van der Waals surface area contributed by atoms with Crippen molar-refractivity contribution >= 4 is 0 Å². The molecule has 18 heavy (non-hydrogen) atoms. The Hall–Kier alpha value is -0.240. The Balaban J connectivity index is 1.68. The summed E-state index contributed by atoms with van der Waals surface area (Å²) in [7, 11) is 0. The van der Waals surface area contributed by atoms with Gasteiger partial charge in [0.25, 0.3) is 0 Å². The molecule has 3 rings (SSSR count). The van der Waals surface area contributed by atoms with Gasteiger partial charge in [-0.1, -0.05) is 6.42 Å². The van der Waals surface area contributed by atoms with Gasteiger partial charge in [0.15, 0.2) is 12.1 Å². The molecule has 5 atom stereocenters. The topological polar surface area (TPSA) is 88.4 Å². The fraction of sp³-hybridized carbons (Fsp3) is 1.00. The molecule has 0 aromatic carbocycles. The standard InChI is InChI=1S/C12H20O6/c13-6-7(14)9-8(15)10-11(16-9)18-12(17-10)4-2-1-3-5-12/h7-11,13-15H,1-6H2/t7-,8-,9+,10+,11-/m1/s1. The maximum atomic E-state index is 10.1. The van der Waals surface area contributed by atoms with Crippen LogP contribution in [0.2, 0.25) is 0 Å². The van der Waals surface area contributed by atoms with Crippen LogP contribution in [0, 0.1) is 0 Å². The van der Waals surface area contributed by atoms with Crippen LogP contribution >= 0.6 is 0 Å². The Morgan fingerprint density at radius 1 is 1.17 bits per heavy atom. The minimum atomic E-state index is -1.11. The molecule has 3 fully saturated rings. The van der Waals surface area contributed by atoms with Crippen LogP contribution in [0.5, 0.6) is 0 Å². The zero-order chi connectivity index (χ0) is 12.8. The molecule has 3 N–H and O–H groups in total. The number of fused-ring (bicyclic) bond motifs is 1. The summed E-state index contributed by atoms with van der Waals surface area (Å²) in [6.45, 7) is -0.452. The Labute approximate surface area is 105 Å². The van der Waals surface area contributed by atoms with E-state index in [1.807, 2.05) is 0 Å². The number of hydrogen-bond acceptors (Lipinski definition) is 6. The molecule has 1 aliphatic carbocycles. The Kier molecular flexibility index (Phi) is 3.34. The van der Waals surface area contributed by atoms with Crippen LogP contribution in [0.4, 0.5) is 0 Å². The second-order valence-electron chi connectivity index (χ2n) is 5.38. The number of aliphatic hydroxyl groups is 3. The molecule has 0 aromatic heterocycles. The molecule has 1 saturated carbocycles. The van der Waals surface area contributed by atoms with Crippen molar-refractivity contribution in [2.45, 2.75) is 68.6 Å². The molecule has 0 radical (unpaired) electrons. The molecule has 0 amide bonds. The summed E-state index contributed by atoms with van der Waals surface area (Å²) in [5, 5.41) is 28.5. The van der Waals surface area contributed by atoms with Crippen molar-refractivity contribution in [1.29, 1.82) is 0 Å². The minimum absolute atomic E-state index is 0.452. The zero-order valence-corrected chi connectivity index (χ0v) is 10.2. The van der Waals surface area contributed by atoms with E-state index in [-0.39, 0.29) is 0 Å². The van der Waals surface area contributed by atoms with Crippen molar-refractivity contribution in [2.75, 3.05) is 6.61 Å². The number of aliphatic hydroxyl groups excluding tert-OH is 3. The molecule has 3 aliphatic rings. The van der Waals surface area contributed by atoms with Gasteiger partial charge in [0.1, 0.15) is 24.4 Å². The van der Waals surface area contributed by atoms with E-state index in [0.717, 1.165) is 25.7 Å². The summed E-state index contributed by atoms with van der Waals surface area (Å²) in [4.78, 5) is 0. The van der Waals surface area contributed by atoms with Gasteiger partial charge >= 0.3 is 0 Å². The second-order valence-corrected chi connectivity index (χ2v) is 5.38. The first-order valence-corrected chi connectivity index (χ1v) is 6.63. The number of rotatable bonds is 2. The Morgan fingerprint density at radius 2 is 1.89 bits per heavy atom. The number of hydrogen-bond donors (Lipinski definition) is 3. The zero-order valence-electron chi connectivity index (χ0n) is 10.2. The average Bonchev–Trinajstić information content (AvgIpc) is 2.86. The summed E-state index contributed by atoms with van der Waals surface area (Å²) < 4.78 is 17.1. The quantitative estimate of drug-likeness (QED) is 0.620. The molecule has 0 unspecified atom stereocenters. The van der Waals surface area contributed by atoms with E-state index >= 15 is 0 Å². The van der Waals surface area contributed by atoms with Crippen molar-refractivity contribution in [3.05, 3.63) is 0 Å².